The van der Waals surface area contributed by atoms with Gasteiger partial charge in [-0.2, -0.15) is 0 Å². The molecule has 5 nitrogen and oxygen atoms in total. The number of carbonyl (C=O) groups excluding carboxylic acids is 2. The Kier molecular flexibility index (Phi) is 10.8. The predicted octanol–water partition coefficient (Wildman–Crippen LogP) is 6.36. The van der Waals surface area contributed by atoms with Crippen LogP contribution >= 0.6 is 23.2 Å². The van der Waals surface area contributed by atoms with Gasteiger partial charge in [0.15, 0.2) is 0 Å². The molecule has 36 heavy (non-hydrogen) atoms. The number of nitrogens with zero attached hydrogens (tertiary/aromatic N) is 1. The number of allylic oxidation sites excluding steroid dienone is 3. The monoisotopic (exact) mass is 534 g/mol. The third-order valence-electron chi connectivity index (χ3n) is 6.79. The van der Waals surface area contributed by atoms with Gasteiger partial charge in [-0.25, -0.2) is 0 Å². The molecule has 7 heteroatoms. The molecular formula is C29H40Cl2N2O3. The molecule has 1 aromatic rings. The maximum absolute atomic E-state index is 14.3. The molecule has 1 saturated heterocycles. The largest absolute Gasteiger partial charge is 0.391 e. The zero-order chi connectivity index (χ0) is 27.2. The van der Waals surface area contributed by atoms with Crippen LogP contribution in [0.4, 0.5) is 0 Å². The van der Waals surface area contributed by atoms with Gasteiger partial charge in [0.25, 0.3) is 0 Å². The highest BCUT2D eigenvalue weighted by Crippen LogP contribution is 2.48. The van der Waals surface area contributed by atoms with Crippen LogP contribution in [0.25, 0.3) is 0 Å². The van der Waals surface area contributed by atoms with Crippen molar-refractivity contribution < 1.29 is 14.7 Å². The van der Waals surface area contributed by atoms with E-state index in [1.54, 1.807) is 30.9 Å². The number of halogens is 2. The van der Waals surface area contributed by atoms with Gasteiger partial charge in [0.2, 0.25) is 11.8 Å². The van der Waals surface area contributed by atoms with Crippen LogP contribution < -0.4 is 5.32 Å². The van der Waals surface area contributed by atoms with Crippen molar-refractivity contribution in [1.29, 1.82) is 0 Å². The summed E-state index contributed by atoms with van der Waals surface area (Å²) in [6.07, 6.45) is 5.65. The molecule has 0 spiro atoms. The summed E-state index contributed by atoms with van der Waals surface area (Å²) in [6.45, 7) is 15.1. The first-order valence-electron chi connectivity index (χ1n) is 12.6. The SMILES string of the molecule is C=C/C(=C\C=C(/C)Cl)[C@@H]1[C@@H](c2cccc(Cl)c2)C[C@](C)(CC(=O)NC(C)C)C(=O)N1C(CC)[C@H](C)O. The first kappa shape index (κ1) is 30.1. The molecule has 1 heterocycles. The average Bonchev–Trinajstić information content (AvgIpc) is 2.77. The highest BCUT2D eigenvalue weighted by atomic mass is 35.5. The fraction of sp³-hybridized carbons (Fsp3) is 0.517. The number of piperidine rings is 1. The molecule has 0 radical (unpaired) electrons. The zero-order valence-electron chi connectivity index (χ0n) is 22.2. The highest BCUT2D eigenvalue weighted by Gasteiger charge is 2.52. The van der Waals surface area contributed by atoms with Gasteiger partial charge in [0.05, 0.1) is 23.6 Å². The number of likely N-dealkylation sites (tertiary alicyclic amines) is 1. The van der Waals surface area contributed by atoms with Gasteiger partial charge >= 0.3 is 0 Å². The molecule has 0 saturated carbocycles. The molecule has 0 aliphatic carbocycles. The Morgan fingerprint density at radius 1 is 1.33 bits per heavy atom. The summed E-state index contributed by atoms with van der Waals surface area (Å²) in [5.41, 5.74) is 0.788. The molecule has 2 rings (SSSR count). The topological polar surface area (TPSA) is 69.6 Å². The van der Waals surface area contributed by atoms with E-state index in [0.717, 1.165) is 11.1 Å². The van der Waals surface area contributed by atoms with Crippen molar-refractivity contribution in [3.05, 3.63) is 70.3 Å². The fourth-order valence-electron chi connectivity index (χ4n) is 5.25. The number of aliphatic hydroxyl groups excluding tert-OH is 1. The van der Waals surface area contributed by atoms with Gasteiger partial charge in [-0.1, -0.05) is 67.9 Å². The van der Waals surface area contributed by atoms with Crippen molar-refractivity contribution in [3.8, 4) is 0 Å². The summed E-state index contributed by atoms with van der Waals surface area (Å²) in [5, 5.41) is 14.9. The maximum atomic E-state index is 14.3. The van der Waals surface area contributed by atoms with E-state index >= 15 is 0 Å². The van der Waals surface area contributed by atoms with E-state index in [2.05, 4.69) is 11.9 Å². The van der Waals surface area contributed by atoms with E-state index in [1.807, 2.05) is 58.0 Å². The van der Waals surface area contributed by atoms with Crippen molar-refractivity contribution in [1.82, 2.24) is 10.2 Å². The van der Waals surface area contributed by atoms with E-state index in [0.29, 0.717) is 22.9 Å². The summed E-state index contributed by atoms with van der Waals surface area (Å²) in [4.78, 5) is 29.0. The Bertz CT molecular complexity index is 1010. The average molecular weight is 536 g/mol. The first-order chi connectivity index (χ1) is 16.8. The predicted molar refractivity (Wildman–Crippen MR) is 149 cm³/mol. The number of benzene rings is 1. The summed E-state index contributed by atoms with van der Waals surface area (Å²) in [5.74, 6) is -0.523. The molecule has 1 unspecified atom stereocenters. The van der Waals surface area contributed by atoms with E-state index in [4.69, 9.17) is 23.2 Å². The van der Waals surface area contributed by atoms with E-state index in [9.17, 15) is 14.7 Å². The molecule has 0 aromatic heterocycles. The van der Waals surface area contributed by atoms with Crippen LogP contribution in [0, 0.1) is 5.41 Å². The maximum Gasteiger partial charge on any atom is 0.229 e. The lowest BCUT2D eigenvalue weighted by molar-refractivity contribution is -0.158. The number of carbonyl (C=O) groups is 2. The summed E-state index contributed by atoms with van der Waals surface area (Å²) < 4.78 is 0. The molecule has 5 atom stereocenters. The Morgan fingerprint density at radius 2 is 2.00 bits per heavy atom. The quantitative estimate of drug-likeness (QED) is 0.343. The lowest BCUT2D eigenvalue weighted by atomic mass is 9.66. The molecule has 1 fully saturated rings. The molecule has 2 amide bonds. The molecule has 198 valence electrons. The van der Waals surface area contributed by atoms with Crippen molar-refractivity contribution in [2.24, 2.45) is 5.41 Å². The summed E-state index contributed by atoms with van der Waals surface area (Å²) in [6, 6.07) is 6.70. The van der Waals surface area contributed by atoms with Crippen molar-refractivity contribution in [3.63, 3.8) is 0 Å². The Morgan fingerprint density at radius 3 is 2.50 bits per heavy atom. The Hall–Kier alpha value is -2.08. The minimum absolute atomic E-state index is 0.0332. The summed E-state index contributed by atoms with van der Waals surface area (Å²) >= 11 is 12.5. The van der Waals surface area contributed by atoms with Gasteiger partial charge < -0.3 is 15.3 Å². The third-order valence-corrected chi connectivity index (χ3v) is 7.16. The second-order valence-electron chi connectivity index (χ2n) is 10.3. The second kappa shape index (κ2) is 12.9. The second-order valence-corrected chi connectivity index (χ2v) is 11.4. The van der Waals surface area contributed by atoms with Crippen LogP contribution in [0.1, 0.15) is 72.3 Å². The van der Waals surface area contributed by atoms with Crippen LogP contribution in [0.5, 0.6) is 0 Å². The lowest BCUT2D eigenvalue weighted by Crippen LogP contribution is -2.62. The molecule has 1 aliphatic rings. The molecule has 0 bridgehead atoms. The Balaban J connectivity index is 2.79. The van der Waals surface area contributed by atoms with Gasteiger partial charge in [0.1, 0.15) is 0 Å². The number of aliphatic hydroxyl groups is 1. The first-order valence-corrected chi connectivity index (χ1v) is 13.3. The lowest BCUT2D eigenvalue weighted by Gasteiger charge is -2.52. The highest BCUT2D eigenvalue weighted by molar-refractivity contribution is 6.30. The number of nitrogens with one attached hydrogen (secondary N) is 1. The third kappa shape index (κ3) is 7.24. The number of hydrogen-bond donors (Lipinski definition) is 2. The van der Waals surface area contributed by atoms with E-state index in [-0.39, 0.29) is 30.2 Å². The van der Waals surface area contributed by atoms with Crippen molar-refractivity contribution in [2.45, 2.75) is 91.0 Å². The standard InChI is InChI=1S/C29H40Cl2N2O3/c1-8-21(14-13-19(5)30)27-24(22-11-10-12-23(31)15-22)16-29(7,17-26(35)32-18(3)4)28(36)33(27)25(9-2)20(6)34/h8,10-15,18,20,24-25,27,34H,1,9,16-17H2,2-7H3,(H,32,35)/b19-13+,21-14+/t20-,24+,25?,27+,29+/m0/s1. The number of hydrogen-bond acceptors (Lipinski definition) is 3. The zero-order valence-corrected chi connectivity index (χ0v) is 23.7. The number of amides is 2. The van der Waals surface area contributed by atoms with Crippen molar-refractivity contribution in [2.75, 3.05) is 0 Å². The normalized spacial score (nSPS) is 25.1. The smallest absolute Gasteiger partial charge is 0.229 e. The van der Waals surface area contributed by atoms with Crippen LogP contribution in [0.2, 0.25) is 5.02 Å². The summed E-state index contributed by atoms with van der Waals surface area (Å²) in [7, 11) is 0. The molecule has 1 aliphatic heterocycles. The van der Waals surface area contributed by atoms with E-state index in [1.165, 1.54) is 0 Å². The molecule has 2 N–H and O–H groups in total. The molecule has 1 aromatic carbocycles. The van der Waals surface area contributed by atoms with Gasteiger partial charge in [0, 0.05) is 28.4 Å². The van der Waals surface area contributed by atoms with Crippen LogP contribution in [0.15, 0.2) is 59.7 Å². The fourth-order valence-corrected chi connectivity index (χ4v) is 5.51. The van der Waals surface area contributed by atoms with Crippen LogP contribution in [-0.4, -0.2) is 46.1 Å². The minimum atomic E-state index is -0.977. The van der Waals surface area contributed by atoms with Gasteiger partial charge in [-0.3, -0.25) is 9.59 Å². The van der Waals surface area contributed by atoms with Crippen LogP contribution in [-0.2, 0) is 9.59 Å². The minimum Gasteiger partial charge on any atom is -0.391 e. The van der Waals surface area contributed by atoms with Crippen molar-refractivity contribution >= 4 is 35.0 Å². The van der Waals surface area contributed by atoms with Gasteiger partial charge in [-0.15, -0.1) is 0 Å². The van der Waals surface area contributed by atoms with Gasteiger partial charge in [-0.05, 0) is 69.9 Å². The molecular weight excluding hydrogens is 495 g/mol. The Labute approximate surface area is 226 Å². The van der Waals surface area contributed by atoms with Crippen LogP contribution in [0.3, 0.4) is 0 Å². The number of rotatable bonds is 10. The van der Waals surface area contributed by atoms with E-state index < -0.39 is 23.6 Å².